The lowest BCUT2D eigenvalue weighted by Gasteiger charge is -2.46. The molecular formula is C27H23IN2O5. The van der Waals surface area contributed by atoms with Crippen molar-refractivity contribution in [2.24, 2.45) is 0 Å². The zero-order chi connectivity index (χ0) is 25.1. The molecule has 7 nitrogen and oxygen atoms in total. The third kappa shape index (κ3) is 3.26. The number of anilines is 1. The van der Waals surface area contributed by atoms with Crippen molar-refractivity contribution in [1.29, 1.82) is 0 Å². The topological polar surface area (TPSA) is 81.9 Å². The van der Waals surface area contributed by atoms with Gasteiger partial charge in [0.2, 0.25) is 11.5 Å². The maximum absolute atomic E-state index is 13.1. The van der Waals surface area contributed by atoms with Crippen LogP contribution in [0.25, 0.3) is 6.08 Å². The first-order valence-electron chi connectivity index (χ1n) is 11.0. The van der Waals surface area contributed by atoms with Crippen LogP contribution in [0.15, 0.2) is 60.7 Å². The second kappa shape index (κ2) is 8.08. The number of rotatable bonds is 4. The fraction of sp³-hybridized carbons (Fsp3) is 0.222. The summed E-state index contributed by atoms with van der Waals surface area (Å²) in [5.41, 5.74) is 2.24. The molecule has 8 heteroatoms. The molecule has 0 amide bonds. The van der Waals surface area contributed by atoms with E-state index in [9.17, 15) is 14.9 Å². The second-order valence-corrected chi connectivity index (χ2v) is 10.2. The summed E-state index contributed by atoms with van der Waals surface area (Å²) in [4.78, 5) is 26.3. The Morgan fingerprint density at radius 3 is 2.49 bits per heavy atom. The number of hydrogen-bond donors (Lipinski definition) is 0. The fourth-order valence-corrected chi connectivity index (χ4v) is 6.02. The number of carbonyl (C=O) groups excluding carboxylic acids is 1. The number of hydrogen-bond acceptors (Lipinski definition) is 6. The number of halogens is 1. The van der Waals surface area contributed by atoms with Crippen molar-refractivity contribution < 1.29 is 19.2 Å². The first kappa shape index (κ1) is 23.3. The van der Waals surface area contributed by atoms with E-state index in [2.05, 4.69) is 18.7 Å². The Hall–Kier alpha value is -3.40. The average Bonchev–Trinajstić information content (AvgIpc) is 3.02. The summed E-state index contributed by atoms with van der Waals surface area (Å²) in [7, 11) is 3.37. The highest BCUT2D eigenvalue weighted by molar-refractivity contribution is 14.1. The number of nitro groups is 1. The van der Waals surface area contributed by atoms with Crippen LogP contribution in [0.4, 0.5) is 11.4 Å². The highest BCUT2D eigenvalue weighted by Gasteiger charge is 2.58. The fourth-order valence-electron chi connectivity index (χ4n) is 5.10. The van der Waals surface area contributed by atoms with Crippen LogP contribution in [0.2, 0.25) is 0 Å². The van der Waals surface area contributed by atoms with Crippen molar-refractivity contribution in [3.8, 4) is 11.5 Å². The largest absolute Gasteiger partial charge is 0.489 e. The van der Waals surface area contributed by atoms with Gasteiger partial charge in [-0.1, -0.05) is 30.3 Å². The van der Waals surface area contributed by atoms with Crippen LogP contribution in [0.1, 0.15) is 40.9 Å². The number of ketones is 1. The Morgan fingerprint density at radius 2 is 1.83 bits per heavy atom. The van der Waals surface area contributed by atoms with Gasteiger partial charge >= 0.3 is 5.69 Å². The summed E-state index contributed by atoms with van der Waals surface area (Å²) in [6.07, 6.45) is 3.81. The maximum atomic E-state index is 13.1. The molecule has 3 aromatic carbocycles. The highest BCUT2D eigenvalue weighted by atomic mass is 127. The van der Waals surface area contributed by atoms with Crippen molar-refractivity contribution in [2.45, 2.75) is 25.0 Å². The van der Waals surface area contributed by atoms with Crippen LogP contribution in [0, 0.1) is 13.7 Å². The SMILES string of the molecule is COc1c([N+](=O)[O-])cc2c(c1I)OC1(C=C2)N(C)c2ccc(C(=O)c3ccccc3)cc2C1(C)C. The number of nitrogens with zero attached hydrogens (tertiary/aromatic N) is 2. The third-order valence-corrected chi connectivity index (χ3v) is 8.04. The van der Waals surface area contributed by atoms with Gasteiger partial charge in [0.15, 0.2) is 5.78 Å². The Kier molecular flexibility index (Phi) is 5.39. The molecule has 0 saturated carbocycles. The smallest absolute Gasteiger partial charge is 0.312 e. The Labute approximate surface area is 216 Å². The molecule has 0 bridgehead atoms. The van der Waals surface area contributed by atoms with Gasteiger partial charge in [0.25, 0.3) is 0 Å². The van der Waals surface area contributed by atoms with Gasteiger partial charge in [0.05, 0.1) is 17.4 Å². The minimum Gasteiger partial charge on any atom is -0.489 e. The van der Waals surface area contributed by atoms with Crippen LogP contribution in [0.5, 0.6) is 11.5 Å². The van der Waals surface area contributed by atoms with Crippen LogP contribution >= 0.6 is 22.6 Å². The number of ether oxygens (including phenoxy) is 2. The van der Waals surface area contributed by atoms with E-state index in [1.165, 1.54) is 13.2 Å². The van der Waals surface area contributed by atoms with E-state index < -0.39 is 16.1 Å². The minimum atomic E-state index is -0.905. The number of likely N-dealkylation sites (N-methyl/N-ethyl adjacent to an activating group) is 1. The zero-order valence-electron chi connectivity index (χ0n) is 19.7. The van der Waals surface area contributed by atoms with Gasteiger partial charge < -0.3 is 14.4 Å². The summed E-state index contributed by atoms with van der Waals surface area (Å²) in [6.45, 7) is 4.16. The summed E-state index contributed by atoms with van der Waals surface area (Å²) < 4.78 is 12.6. The number of fused-ring (bicyclic) bond motifs is 2. The van der Waals surface area contributed by atoms with Crippen molar-refractivity contribution in [1.82, 2.24) is 0 Å². The first-order chi connectivity index (χ1) is 16.6. The van der Waals surface area contributed by atoms with E-state index in [0.29, 0.717) is 26.0 Å². The van der Waals surface area contributed by atoms with E-state index in [1.807, 2.05) is 90.3 Å². The van der Waals surface area contributed by atoms with Crippen molar-refractivity contribution >= 4 is 45.8 Å². The average molecular weight is 582 g/mol. The van der Waals surface area contributed by atoms with E-state index in [-0.39, 0.29) is 17.2 Å². The zero-order valence-corrected chi connectivity index (χ0v) is 21.8. The molecule has 1 spiro atoms. The van der Waals surface area contributed by atoms with Gasteiger partial charge in [-0.25, -0.2) is 0 Å². The van der Waals surface area contributed by atoms with Crippen LogP contribution in [0.3, 0.4) is 0 Å². The molecule has 2 aliphatic rings. The molecular weight excluding hydrogens is 559 g/mol. The predicted octanol–water partition coefficient (Wildman–Crippen LogP) is 5.97. The Morgan fingerprint density at radius 1 is 1.11 bits per heavy atom. The standard InChI is InChI=1S/C27H23IN2O5/c1-26(2)19-14-17(23(31)16-8-6-5-7-9-16)10-11-20(19)29(3)27(26)13-12-18-15-21(30(32)33)25(34-4)22(28)24(18)35-27/h5-15H,1-4H3. The number of benzene rings is 3. The van der Waals surface area contributed by atoms with Gasteiger partial charge in [-0.2, -0.15) is 0 Å². The molecule has 0 aromatic heterocycles. The number of nitro benzene ring substituents is 1. The molecule has 1 atom stereocenters. The molecule has 1 unspecified atom stereocenters. The highest BCUT2D eigenvalue weighted by Crippen LogP contribution is 2.56. The lowest BCUT2D eigenvalue weighted by Crippen LogP contribution is -2.58. The van der Waals surface area contributed by atoms with Crippen molar-refractivity contribution in [2.75, 3.05) is 19.1 Å². The summed E-state index contributed by atoms with van der Waals surface area (Å²) in [5.74, 6) is 0.667. The molecule has 0 fully saturated rings. The lowest BCUT2D eigenvalue weighted by molar-refractivity contribution is -0.385. The van der Waals surface area contributed by atoms with Crippen LogP contribution in [-0.4, -0.2) is 30.6 Å². The van der Waals surface area contributed by atoms with Gasteiger partial charge in [-0.15, -0.1) is 0 Å². The lowest BCUT2D eigenvalue weighted by atomic mass is 9.76. The molecule has 178 valence electrons. The summed E-state index contributed by atoms with van der Waals surface area (Å²) in [5, 5.41) is 11.6. The quantitative estimate of drug-likeness (QED) is 0.163. The van der Waals surface area contributed by atoms with Gasteiger partial charge in [0.1, 0.15) is 9.32 Å². The van der Waals surface area contributed by atoms with Crippen LogP contribution in [-0.2, 0) is 5.41 Å². The molecule has 0 saturated heterocycles. The summed E-state index contributed by atoms with van der Waals surface area (Å²) in [6, 6.07) is 16.4. The Bertz CT molecular complexity index is 1420. The minimum absolute atomic E-state index is 0.0372. The van der Waals surface area contributed by atoms with Gasteiger partial charge in [-0.05, 0) is 72.4 Å². The molecule has 0 aliphatic carbocycles. The van der Waals surface area contributed by atoms with Crippen molar-refractivity contribution in [3.05, 3.63) is 96.6 Å². The molecule has 2 aliphatic heterocycles. The summed E-state index contributed by atoms with van der Waals surface area (Å²) >= 11 is 2.04. The molecule has 2 heterocycles. The first-order valence-corrected chi connectivity index (χ1v) is 12.1. The van der Waals surface area contributed by atoms with E-state index >= 15 is 0 Å². The predicted molar refractivity (Wildman–Crippen MR) is 143 cm³/mol. The molecule has 3 aromatic rings. The van der Waals surface area contributed by atoms with Crippen molar-refractivity contribution in [3.63, 3.8) is 0 Å². The molecule has 0 radical (unpaired) electrons. The Balaban J connectivity index is 1.61. The van der Waals surface area contributed by atoms with Crippen LogP contribution < -0.4 is 14.4 Å². The van der Waals surface area contributed by atoms with E-state index in [1.54, 1.807) is 0 Å². The van der Waals surface area contributed by atoms with E-state index in [4.69, 9.17) is 9.47 Å². The van der Waals surface area contributed by atoms with Gasteiger partial charge in [-0.3, -0.25) is 14.9 Å². The molecule has 35 heavy (non-hydrogen) atoms. The molecule has 5 rings (SSSR count). The second-order valence-electron chi connectivity index (χ2n) is 9.16. The number of carbonyl (C=O) groups is 1. The van der Waals surface area contributed by atoms with Gasteiger partial charge in [0, 0.05) is 35.5 Å². The van der Waals surface area contributed by atoms with E-state index in [0.717, 1.165) is 11.3 Å². The molecule has 0 N–H and O–H groups in total. The maximum Gasteiger partial charge on any atom is 0.312 e. The number of methoxy groups -OCH3 is 1. The third-order valence-electron chi connectivity index (χ3n) is 7.06. The monoisotopic (exact) mass is 582 g/mol. The normalized spacial score (nSPS) is 19.2.